The van der Waals surface area contributed by atoms with Gasteiger partial charge in [0.15, 0.2) is 4.77 Å². The van der Waals surface area contributed by atoms with Crippen molar-refractivity contribution in [3.05, 3.63) is 70.1 Å². The van der Waals surface area contributed by atoms with Crippen molar-refractivity contribution in [1.29, 1.82) is 0 Å². The van der Waals surface area contributed by atoms with Crippen LogP contribution < -0.4 is 0 Å². The third-order valence-electron chi connectivity index (χ3n) is 3.21. The molecule has 100 valence electrons. The first kappa shape index (κ1) is 13.2. The molecule has 4 heteroatoms. The number of aryl methyl sites for hydroxylation is 1. The molecule has 0 atom stereocenters. The summed E-state index contributed by atoms with van der Waals surface area (Å²) < 4.78 is 2.68. The van der Waals surface area contributed by atoms with Gasteiger partial charge in [-0.05, 0) is 43.4 Å². The summed E-state index contributed by atoms with van der Waals surface area (Å²) in [6.07, 6.45) is 1.93. The zero-order valence-corrected chi connectivity index (χ0v) is 12.5. The van der Waals surface area contributed by atoms with E-state index in [2.05, 4.69) is 36.2 Å². The lowest BCUT2D eigenvalue weighted by atomic mass is 10.1. The maximum atomic E-state index is 5.94. The van der Waals surface area contributed by atoms with Crippen LogP contribution in [0.2, 0.25) is 5.02 Å². The highest BCUT2D eigenvalue weighted by molar-refractivity contribution is 7.71. The van der Waals surface area contributed by atoms with Gasteiger partial charge in [0.05, 0.1) is 5.69 Å². The van der Waals surface area contributed by atoms with Gasteiger partial charge in [-0.25, -0.2) is 0 Å². The first-order valence-electron chi connectivity index (χ1n) is 6.28. The Kier molecular flexibility index (Phi) is 3.47. The molecule has 0 spiro atoms. The lowest BCUT2D eigenvalue weighted by Gasteiger charge is -2.09. The Morgan fingerprint density at radius 2 is 1.65 bits per heavy atom. The summed E-state index contributed by atoms with van der Waals surface area (Å²) in [6.45, 7) is 2.08. The van der Waals surface area contributed by atoms with Crippen LogP contribution in [0.25, 0.3) is 16.9 Å². The van der Waals surface area contributed by atoms with Crippen LogP contribution in [0.5, 0.6) is 0 Å². The van der Waals surface area contributed by atoms with Gasteiger partial charge in [0, 0.05) is 22.5 Å². The molecule has 0 radical (unpaired) electrons. The van der Waals surface area contributed by atoms with Gasteiger partial charge in [0.1, 0.15) is 0 Å². The van der Waals surface area contributed by atoms with E-state index in [1.807, 2.05) is 35.0 Å². The average Bonchev–Trinajstić information content (AvgIpc) is 2.83. The number of nitrogens with one attached hydrogen (secondary N) is 1. The molecule has 0 unspecified atom stereocenters. The molecule has 1 aromatic heterocycles. The van der Waals surface area contributed by atoms with E-state index in [1.54, 1.807) is 0 Å². The van der Waals surface area contributed by atoms with Crippen LogP contribution in [0, 0.1) is 11.7 Å². The molecular formula is C16H13ClN2S. The van der Waals surface area contributed by atoms with Gasteiger partial charge in [0.2, 0.25) is 0 Å². The number of hydrogen-bond acceptors (Lipinski definition) is 1. The number of rotatable bonds is 2. The predicted molar refractivity (Wildman–Crippen MR) is 86.1 cm³/mol. The van der Waals surface area contributed by atoms with Crippen molar-refractivity contribution in [2.45, 2.75) is 6.92 Å². The van der Waals surface area contributed by atoms with E-state index < -0.39 is 0 Å². The van der Waals surface area contributed by atoms with Crippen molar-refractivity contribution in [3.8, 4) is 16.9 Å². The molecule has 0 fully saturated rings. The molecule has 20 heavy (non-hydrogen) atoms. The lowest BCUT2D eigenvalue weighted by molar-refractivity contribution is 1.04. The second-order valence-corrected chi connectivity index (χ2v) is 5.48. The third-order valence-corrected chi connectivity index (χ3v) is 3.76. The number of imidazole rings is 1. The molecule has 2 aromatic carbocycles. The van der Waals surface area contributed by atoms with Crippen molar-refractivity contribution >= 4 is 23.8 Å². The van der Waals surface area contributed by atoms with E-state index in [4.69, 9.17) is 23.8 Å². The predicted octanol–water partition coefficient (Wildman–Crippen LogP) is 5.16. The zero-order chi connectivity index (χ0) is 14.1. The van der Waals surface area contributed by atoms with Crippen LogP contribution in [-0.4, -0.2) is 9.55 Å². The van der Waals surface area contributed by atoms with Gasteiger partial charge in [-0.1, -0.05) is 41.4 Å². The fourth-order valence-corrected chi connectivity index (χ4v) is 2.54. The topological polar surface area (TPSA) is 20.7 Å². The maximum absolute atomic E-state index is 5.94. The Morgan fingerprint density at radius 1 is 1.00 bits per heavy atom. The standard InChI is InChI=1S/C16H13ClN2S/c1-11-2-4-12(5-3-11)15-10-18-16(20)19(15)14-8-6-13(17)7-9-14/h2-10H,1H3,(H,18,20). The molecule has 0 aliphatic heterocycles. The van der Waals surface area contributed by atoms with Gasteiger partial charge in [0.25, 0.3) is 0 Å². The minimum atomic E-state index is 0.669. The van der Waals surface area contributed by atoms with Gasteiger partial charge in [-0.2, -0.15) is 0 Å². The van der Waals surface area contributed by atoms with Crippen LogP contribution in [0.1, 0.15) is 5.56 Å². The normalized spacial score (nSPS) is 10.7. The van der Waals surface area contributed by atoms with Crippen molar-refractivity contribution in [2.75, 3.05) is 0 Å². The van der Waals surface area contributed by atoms with Crippen LogP contribution in [0.3, 0.4) is 0 Å². The summed E-state index contributed by atoms with van der Waals surface area (Å²) in [7, 11) is 0. The summed E-state index contributed by atoms with van der Waals surface area (Å²) >= 11 is 11.3. The first-order chi connectivity index (χ1) is 9.65. The fraction of sp³-hybridized carbons (Fsp3) is 0.0625. The molecule has 0 bridgehead atoms. The molecule has 3 aromatic rings. The van der Waals surface area contributed by atoms with Crippen LogP contribution in [0.4, 0.5) is 0 Å². The number of hydrogen-bond donors (Lipinski definition) is 1. The largest absolute Gasteiger partial charge is 0.336 e. The second kappa shape index (κ2) is 5.27. The molecule has 1 heterocycles. The molecule has 0 amide bonds. The van der Waals surface area contributed by atoms with Crippen molar-refractivity contribution in [1.82, 2.24) is 9.55 Å². The number of H-pyrrole nitrogens is 1. The Morgan fingerprint density at radius 3 is 2.30 bits per heavy atom. The monoisotopic (exact) mass is 300 g/mol. The van der Waals surface area contributed by atoms with Crippen LogP contribution >= 0.6 is 23.8 Å². The van der Waals surface area contributed by atoms with Crippen molar-refractivity contribution in [2.24, 2.45) is 0 Å². The summed E-state index contributed by atoms with van der Waals surface area (Å²) in [5, 5.41) is 0.715. The quantitative estimate of drug-likeness (QED) is 0.648. The number of halogens is 1. The molecule has 2 nitrogen and oxygen atoms in total. The van der Waals surface area contributed by atoms with Crippen molar-refractivity contribution < 1.29 is 0 Å². The summed E-state index contributed by atoms with van der Waals surface area (Å²) in [6, 6.07) is 16.0. The number of nitrogens with zero attached hydrogens (tertiary/aromatic N) is 1. The summed E-state index contributed by atoms with van der Waals surface area (Å²) in [5.41, 5.74) is 4.40. The molecule has 0 aliphatic rings. The van der Waals surface area contributed by atoms with Crippen LogP contribution in [0.15, 0.2) is 54.7 Å². The van der Waals surface area contributed by atoms with E-state index >= 15 is 0 Å². The maximum Gasteiger partial charge on any atom is 0.182 e. The number of benzene rings is 2. The highest BCUT2D eigenvalue weighted by atomic mass is 35.5. The first-order valence-corrected chi connectivity index (χ1v) is 7.07. The minimum absolute atomic E-state index is 0.669. The number of aromatic amines is 1. The molecule has 0 saturated carbocycles. The van der Waals surface area contributed by atoms with Gasteiger partial charge in [-0.3, -0.25) is 4.57 Å². The second-order valence-electron chi connectivity index (χ2n) is 4.66. The molecule has 3 rings (SSSR count). The zero-order valence-electron chi connectivity index (χ0n) is 10.9. The van der Waals surface area contributed by atoms with E-state index in [0.717, 1.165) is 16.9 Å². The van der Waals surface area contributed by atoms with Gasteiger partial charge in [-0.15, -0.1) is 0 Å². The third kappa shape index (κ3) is 2.42. The molecular weight excluding hydrogens is 288 g/mol. The highest BCUT2D eigenvalue weighted by Crippen LogP contribution is 2.24. The molecule has 0 saturated heterocycles. The summed E-state index contributed by atoms with van der Waals surface area (Å²) in [4.78, 5) is 3.11. The van der Waals surface area contributed by atoms with E-state index in [0.29, 0.717) is 9.79 Å². The average molecular weight is 301 g/mol. The number of aromatic nitrogens is 2. The Bertz CT molecular complexity index is 783. The van der Waals surface area contributed by atoms with E-state index in [-0.39, 0.29) is 0 Å². The van der Waals surface area contributed by atoms with Gasteiger partial charge < -0.3 is 4.98 Å². The van der Waals surface area contributed by atoms with Crippen molar-refractivity contribution in [3.63, 3.8) is 0 Å². The molecule has 0 aliphatic carbocycles. The van der Waals surface area contributed by atoms with E-state index in [9.17, 15) is 0 Å². The SMILES string of the molecule is Cc1ccc(-c2c[nH]c(=S)n2-c2ccc(Cl)cc2)cc1. The Balaban J connectivity index is 2.17. The smallest absolute Gasteiger partial charge is 0.182 e. The van der Waals surface area contributed by atoms with Crippen LogP contribution in [-0.2, 0) is 0 Å². The van der Waals surface area contributed by atoms with E-state index in [1.165, 1.54) is 5.56 Å². The fourth-order valence-electron chi connectivity index (χ4n) is 2.15. The lowest BCUT2D eigenvalue weighted by Crippen LogP contribution is -1.96. The summed E-state index contributed by atoms with van der Waals surface area (Å²) in [5.74, 6) is 0. The minimum Gasteiger partial charge on any atom is -0.336 e. The molecule has 1 N–H and O–H groups in total. The highest BCUT2D eigenvalue weighted by Gasteiger charge is 2.08. The Hall–Kier alpha value is -1.84. The van der Waals surface area contributed by atoms with Gasteiger partial charge >= 0.3 is 0 Å². The Labute approximate surface area is 127 Å².